The molecule has 6 N–H and O–H groups in total. The van der Waals surface area contributed by atoms with Crippen LogP contribution in [0.2, 0.25) is 0 Å². The van der Waals surface area contributed by atoms with Gasteiger partial charge in [0.15, 0.2) is 0 Å². The SMILES string of the molecule is CNc1cc(C(F)(F)F)ccn1.N=C(c1ccc(C=O)cc1)c1c(N)ncnc1NC1CCNC1. The number of hydrogen-bond donors (Lipinski definition) is 5. The van der Waals surface area contributed by atoms with E-state index in [1.165, 1.54) is 13.4 Å². The van der Waals surface area contributed by atoms with E-state index in [0.717, 1.165) is 44.1 Å². The monoisotopic (exact) mass is 486 g/mol. The third-order valence-corrected chi connectivity index (χ3v) is 5.21. The maximum atomic E-state index is 12.0. The standard InChI is InChI=1S/C16H18N6O.C7H7F3N2/c17-14(11-3-1-10(8-23)2-4-11)13-15(18)20-9-21-16(13)22-12-5-6-19-7-12;1-11-6-4-5(2-3-12-6)7(8,9)10/h1-4,8-9,12,17,19H,5-7H2,(H3,18,20,21,22);2-4H,1H3,(H,11,12). The average Bonchev–Trinajstić information content (AvgIpc) is 3.37. The molecule has 0 amide bonds. The molecular weight excluding hydrogens is 461 g/mol. The third kappa shape index (κ3) is 6.73. The van der Waals surface area contributed by atoms with Gasteiger partial charge in [0.05, 0.1) is 16.8 Å². The minimum atomic E-state index is -4.30. The van der Waals surface area contributed by atoms with Crippen molar-refractivity contribution in [3.05, 3.63) is 71.2 Å². The molecule has 4 rings (SSSR count). The van der Waals surface area contributed by atoms with Crippen LogP contribution in [-0.4, -0.2) is 53.1 Å². The Morgan fingerprint density at radius 1 is 1.20 bits per heavy atom. The van der Waals surface area contributed by atoms with Crippen LogP contribution in [0.25, 0.3) is 0 Å². The predicted molar refractivity (Wildman–Crippen MR) is 128 cm³/mol. The highest BCUT2D eigenvalue weighted by molar-refractivity contribution is 6.16. The molecule has 3 heterocycles. The molecule has 1 aliphatic heterocycles. The van der Waals surface area contributed by atoms with Crippen LogP contribution in [0.1, 0.15) is 33.5 Å². The zero-order valence-electron chi connectivity index (χ0n) is 18.9. The van der Waals surface area contributed by atoms with Gasteiger partial charge in [-0.05, 0) is 25.1 Å². The van der Waals surface area contributed by atoms with Crippen molar-refractivity contribution in [2.75, 3.05) is 36.5 Å². The van der Waals surface area contributed by atoms with Crippen LogP contribution in [0.5, 0.6) is 0 Å². The summed E-state index contributed by atoms with van der Waals surface area (Å²) in [7, 11) is 1.52. The highest BCUT2D eigenvalue weighted by atomic mass is 19.4. The number of carbonyl (C=O) groups is 1. The number of nitrogens with two attached hydrogens (primary N) is 1. The lowest BCUT2D eigenvalue weighted by Crippen LogP contribution is -2.25. The Balaban J connectivity index is 0.000000241. The largest absolute Gasteiger partial charge is 0.416 e. The van der Waals surface area contributed by atoms with E-state index in [0.29, 0.717) is 22.5 Å². The molecule has 35 heavy (non-hydrogen) atoms. The maximum absolute atomic E-state index is 12.0. The van der Waals surface area contributed by atoms with Crippen molar-refractivity contribution in [1.29, 1.82) is 5.41 Å². The Hall–Kier alpha value is -4.06. The topological polar surface area (TPSA) is 142 Å². The molecule has 3 aromatic rings. The van der Waals surface area contributed by atoms with E-state index < -0.39 is 11.7 Å². The van der Waals surface area contributed by atoms with Gasteiger partial charge in [-0.2, -0.15) is 13.2 Å². The second kappa shape index (κ2) is 11.4. The molecule has 0 radical (unpaired) electrons. The molecule has 1 aliphatic rings. The van der Waals surface area contributed by atoms with Crippen LogP contribution >= 0.6 is 0 Å². The van der Waals surface area contributed by atoms with E-state index in [1.807, 2.05) is 0 Å². The first-order chi connectivity index (χ1) is 16.7. The highest BCUT2D eigenvalue weighted by Crippen LogP contribution is 2.29. The average molecular weight is 487 g/mol. The van der Waals surface area contributed by atoms with Gasteiger partial charge in [0, 0.05) is 37.0 Å². The minimum absolute atomic E-state index is 0.213. The number of hydrogen-bond acceptors (Lipinski definition) is 9. The first-order valence-corrected chi connectivity index (χ1v) is 10.7. The van der Waals surface area contributed by atoms with Gasteiger partial charge in [-0.15, -0.1) is 0 Å². The predicted octanol–water partition coefficient (Wildman–Crippen LogP) is 3.20. The van der Waals surface area contributed by atoms with Gasteiger partial charge >= 0.3 is 6.18 Å². The number of nitrogen functional groups attached to an aromatic ring is 1. The number of nitrogens with zero attached hydrogens (tertiary/aromatic N) is 3. The van der Waals surface area contributed by atoms with Crippen molar-refractivity contribution in [3.63, 3.8) is 0 Å². The number of nitrogens with one attached hydrogen (secondary N) is 4. The number of carbonyl (C=O) groups excluding carboxylic acids is 1. The number of anilines is 3. The van der Waals surface area contributed by atoms with E-state index in [9.17, 15) is 18.0 Å². The summed E-state index contributed by atoms with van der Waals surface area (Å²) in [4.78, 5) is 22.7. The molecule has 1 fully saturated rings. The van der Waals surface area contributed by atoms with E-state index in [-0.39, 0.29) is 23.4 Å². The molecule has 12 heteroatoms. The zero-order valence-corrected chi connectivity index (χ0v) is 18.9. The minimum Gasteiger partial charge on any atom is -0.383 e. The molecule has 9 nitrogen and oxygen atoms in total. The van der Waals surface area contributed by atoms with Crippen molar-refractivity contribution in [2.24, 2.45) is 0 Å². The Kier molecular flexibility index (Phi) is 8.31. The van der Waals surface area contributed by atoms with Crippen molar-refractivity contribution in [1.82, 2.24) is 20.3 Å². The molecule has 0 bridgehead atoms. The second-order valence-electron chi connectivity index (χ2n) is 7.61. The van der Waals surface area contributed by atoms with Gasteiger partial charge in [0.2, 0.25) is 0 Å². The van der Waals surface area contributed by atoms with Gasteiger partial charge in [0.1, 0.15) is 30.1 Å². The molecule has 1 unspecified atom stereocenters. The third-order valence-electron chi connectivity index (χ3n) is 5.21. The van der Waals surface area contributed by atoms with Crippen molar-refractivity contribution < 1.29 is 18.0 Å². The highest BCUT2D eigenvalue weighted by Gasteiger charge is 2.30. The van der Waals surface area contributed by atoms with Crippen LogP contribution in [0.4, 0.5) is 30.6 Å². The van der Waals surface area contributed by atoms with Crippen molar-refractivity contribution in [2.45, 2.75) is 18.6 Å². The molecule has 184 valence electrons. The number of aromatic nitrogens is 3. The summed E-state index contributed by atoms with van der Waals surface area (Å²) in [5.41, 5.74) is 7.23. The van der Waals surface area contributed by atoms with Crippen LogP contribution < -0.4 is 21.7 Å². The van der Waals surface area contributed by atoms with Gasteiger partial charge < -0.3 is 21.7 Å². The van der Waals surface area contributed by atoms with Crippen LogP contribution in [-0.2, 0) is 6.18 Å². The molecule has 0 spiro atoms. The van der Waals surface area contributed by atoms with Gasteiger partial charge in [-0.1, -0.05) is 24.3 Å². The number of aldehydes is 1. The fourth-order valence-corrected chi connectivity index (χ4v) is 3.34. The molecule has 2 aromatic heterocycles. The van der Waals surface area contributed by atoms with E-state index >= 15 is 0 Å². The van der Waals surface area contributed by atoms with E-state index in [2.05, 4.69) is 30.9 Å². The Labute approximate surface area is 199 Å². The fourth-order valence-electron chi connectivity index (χ4n) is 3.34. The van der Waals surface area contributed by atoms with Crippen molar-refractivity contribution in [3.8, 4) is 0 Å². The summed E-state index contributed by atoms with van der Waals surface area (Å²) in [6.07, 6.45) is -0.0201. The van der Waals surface area contributed by atoms with Gasteiger partial charge in [-0.3, -0.25) is 10.2 Å². The van der Waals surface area contributed by atoms with Crippen LogP contribution in [0.15, 0.2) is 48.9 Å². The smallest absolute Gasteiger partial charge is 0.383 e. The Morgan fingerprint density at radius 2 is 1.94 bits per heavy atom. The number of rotatable bonds is 6. The second-order valence-corrected chi connectivity index (χ2v) is 7.61. The number of pyridine rings is 1. The summed E-state index contributed by atoms with van der Waals surface area (Å²) in [6.45, 7) is 1.81. The first-order valence-electron chi connectivity index (χ1n) is 10.7. The lowest BCUT2D eigenvalue weighted by Gasteiger charge is -2.17. The summed E-state index contributed by atoms with van der Waals surface area (Å²) in [5, 5.41) is 17.6. The Bertz CT molecular complexity index is 1160. The Morgan fingerprint density at radius 3 is 2.54 bits per heavy atom. The molecule has 0 aliphatic carbocycles. The lowest BCUT2D eigenvalue weighted by molar-refractivity contribution is -0.137. The van der Waals surface area contributed by atoms with Crippen LogP contribution in [0, 0.1) is 5.41 Å². The quantitative estimate of drug-likeness (QED) is 0.264. The molecule has 0 saturated carbocycles. The molecule has 1 atom stereocenters. The number of benzene rings is 1. The summed E-state index contributed by atoms with van der Waals surface area (Å²) in [5.74, 6) is 1.04. The molecular formula is C23H25F3N8O. The number of alkyl halides is 3. The van der Waals surface area contributed by atoms with E-state index in [4.69, 9.17) is 11.1 Å². The molecule has 1 aromatic carbocycles. The van der Waals surface area contributed by atoms with Gasteiger partial charge in [-0.25, -0.2) is 15.0 Å². The summed E-state index contributed by atoms with van der Waals surface area (Å²) >= 11 is 0. The lowest BCUT2D eigenvalue weighted by atomic mass is 10.0. The normalized spacial score (nSPS) is 15.0. The zero-order chi connectivity index (χ0) is 25.4. The maximum Gasteiger partial charge on any atom is 0.416 e. The van der Waals surface area contributed by atoms with Gasteiger partial charge in [0.25, 0.3) is 0 Å². The summed E-state index contributed by atoms with van der Waals surface area (Å²) in [6, 6.07) is 8.93. The number of halogens is 3. The van der Waals surface area contributed by atoms with Crippen molar-refractivity contribution >= 4 is 29.5 Å². The summed E-state index contributed by atoms with van der Waals surface area (Å²) < 4.78 is 36.1. The molecule has 1 saturated heterocycles. The van der Waals surface area contributed by atoms with Crippen LogP contribution in [0.3, 0.4) is 0 Å². The first kappa shape index (κ1) is 25.6. The fraction of sp³-hybridized carbons (Fsp3) is 0.261. The van der Waals surface area contributed by atoms with E-state index in [1.54, 1.807) is 24.3 Å².